The summed E-state index contributed by atoms with van der Waals surface area (Å²) in [4.78, 5) is 40.9. The highest BCUT2D eigenvalue weighted by atomic mass is 16.2. The number of hydrogen-bond acceptors (Lipinski definition) is 3. The van der Waals surface area contributed by atoms with Crippen molar-refractivity contribution in [3.05, 3.63) is 71.3 Å². The fourth-order valence-corrected chi connectivity index (χ4v) is 4.03. The molecule has 2 heterocycles. The summed E-state index contributed by atoms with van der Waals surface area (Å²) in [6, 6.07) is 16.7. The third-order valence-corrected chi connectivity index (χ3v) is 5.63. The molecule has 0 spiro atoms. The van der Waals surface area contributed by atoms with Crippen LogP contribution in [0.3, 0.4) is 0 Å². The van der Waals surface area contributed by atoms with Crippen molar-refractivity contribution in [3.8, 4) is 0 Å². The first-order valence-electron chi connectivity index (χ1n) is 10.1. The SMILES string of the molecule is O=C(NCc1ccccc1)c1ccc(CN2CC(=O)N3CCCCC3C2=O)cc1. The van der Waals surface area contributed by atoms with Gasteiger partial charge in [-0.25, -0.2) is 0 Å². The summed E-state index contributed by atoms with van der Waals surface area (Å²) >= 11 is 0. The van der Waals surface area contributed by atoms with E-state index >= 15 is 0 Å². The molecular formula is C23H25N3O3. The lowest BCUT2D eigenvalue weighted by atomic mass is 9.98. The number of piperazine rings is 1. The zero-order valence-electron chi connectivity index (χ0n) is 16.3. The third kappa shape index (κ3) is 4.31. The van der Waals surface area contributed by atoms with E-state index < -0.39 is 0 Å². The Morgan fingerprint density at radius 3 is 2.48 bits per heavy atom. The monoisotopic (exact) mass is 391 g/mol. The molecule has 0 aliphatic carbocycles. The molecule has 2 aromatic rings. The van der Waals surface area contributed by atoms with Crippen molar-refractivity contribution >= 4 is 17.7 Å². The fourth-order valence-electron chi connectivity index (χ4n) is 4.03. The Hall–Kier alpha value is -3.15. The summed E-state index contributed by atoms with van der Waals surface area (Å²) in [6.45, 7) is 1.69. The van der Waals surface area contributed by atoms with E-state index in [0.29, 0.717) is 25.2 Å². The molecule has 6 heteroatoms. The molecular weight excluding hydrogens is 366 g/mol. The zero-order valence-corrected chi connectivity index (χ0v) is 16.3. The second-order valence-electron chi connectivity index (χ2n) is 7.66. The van der Waals surface area contributed by atoms with E-state index in [4.69, 9.17) is 0 Å². The van der Waals surface area contributed by atoms with E-state index in [1.165, 1.54) is 0 Å². The van der Waals surface area contributed by atoms with E-state index in [1.807, 2.05) is 42.5 Å². The van der Waals surface area contributed by atoms with Crippen LogP contribution in [0.2, 0.25) is 0 Å². The summed E-state index contributed by atoms with van der Waals surface area (Å²) in [6.07, 6.45) is 2.71. The van der Waals surface area contributed by atoms with Gasteiger partial charge >= 0.3 is 0 Å². The Morgan fingerprint density at radius 1 is 0.966 bits per heavy atom. The molecule has 0 radical (unpaired) electrons. The molecule has 0 aromatic heterocycles. The maximum absolute atomic E-state index is 12.8. The second kappa shape index (κ2) is 8.47. The Bertz CT molecular complexity index is 895. The largest absolute Gasteiger partial charge is 0.348 e. The number of rotatable bonds is 5. The van der Waals surface area contributed by atoms with Gasteiger partial charge in [-0.15, -0.1) is 0 Å². The molecule has 1 N–H and O–H groups in total. The van der Waals surface area contributed by atoms with Crippen LogP contribution in [0, 0.1) is 0 Å². The minimum atomic E-state index is -0.298. The molecule has 1 unspecified atom stereocenters. The number of carbonyl (C=O) groups excluding carboxylic acids is 3. The lowest BCUT2D eigenvalue weighted by Gasteiger charge is -2.42. The highest BCUT2D eigenvalue weighted by molar-refractivity contribution is 5.95. The van der Waals surface area contributed by atoms with Gasteiger partial charge in [-0.2, -0.15) is 0 Å². The van der Waals surface area contributed by atoms with Crippen molar-refractivity contribution in [2.24, 2.45) is 0 Å². The van der Waals surface area contributed by atoms with Gasteiger partial charge in [0.2, 0.25) is 11.8 Å². The number of piperidine rings is 1. The molecule has 0 bridgehead atoms. The van der Waals surface area contributed by atoms with E-state index in [1.54, 1.807) is 21.9 Å². The predicted molar refractivity (Wildman–Crippen MR) is 109 cm³/mol. The van der Waals surface area contributed by atoms with Crippen LogP contribution in [0.5, 0.6) is 0 Å². The van der Waals surface area contributed by atoms with Gasteiger partial charge in [0.25, 0.3) is 5.91 Å². The van der Waals surface area contributed by atoms with Crippen molar-refractivity contribution in [1.82, 2.24) is 15.1 Å². The number of hydrogen-bond donors (Lipinski definition) is 1. The zero-order chi connectivity index (χ0) is 20.2. The molecule has 3 amide bonds. The smallest absolute Gasteiger partial charge is 0.251 e. The van der Waals surface area contributed by atoms with E-state index in [-0.39, 0.29) is 30.3 Å². The Morgan fingerprint density at radius 2 is 1.72 bits per heavy atom. The maximum Gasteiger partial charge on any atom is 0.251 e. The maximum atomic E-state index is 12.8. The molecule has 0 saturated carbocycles. The summed E-state index contributed by atoms with van der Waals surface area (Å²) in [5.74, 6) is -0.0670. The number of fused-ring (bicyclic) bond motifs is 1. The quantitative estimate of drug-likeness (QED) is 0.851. The number of amides is 3. The molecule has 150 valence electrons. The van der Waals surface area contributed by atoms with Crippen molar-refractivity contribution in [1.29, 1.82) is 0 Å². The Labute approximate surface area is 170 Å². The van der Waals surface area contributed by atoms with Crippen molar-refractivity contribution < 1.29 is 14.4 Å². The Balaban J connectivity index is 1.36. The summed E-state index contributed by atoms with van der Waals surface area (Å²) in [5.41, 5.74) is 2.53. The molecule has 29 heavy (non-hydrogen) atoms. The number of nitrogens with zero attached hydrogens (tertiary/aromatic N) is 2. The van der Waals surface area contributed by atoms with Crippen LogP contribution >= 0.6 is 0 Å². The normalized spacial score (nSPS) is 19.1. The first-order valence-corrected chi connectivity index (χ1v) is 10.1. The van der Waals surface area contributed by atoms with E-state index in [0.717, 1.165) is 30.4 Å². The summed E-state index contributed by atoms with van der Waals surface area (Å²) in [7, 11) is 0. The molecule has 2 aromatic carbocycles. The van der Waals surface area contributed by atoms with Gasteiger partial charge in [-0.3, -0.25) is 14.4 Å². The van der Waals surface area contributed by atoms with Gasteiger partial charge in [0, 0.05) is 25.2 Å². The van der Waals surface area contributed by atoms with E-state index in [9.17, 15) is 14.4 Å². The fraction of sp³-hybridized carbons (Fsp3) is 0.348. The molecule has 2 saturated heterocycles. The lowest BCUT2D eigenvalue weighted by Crippen LogP contribution is -2.60. The standard InChI is InChI=1S/C23H25N3O3/c27-21-16-25(23(29)20-8-4-5-13-26(20)21)15-18-9-11-19(12-10-18)22(28)24-14-17-6-2-1-3-7-17/h1-3,6-7,9-12,20H,4-5,8,13-16H2,(H,24,28). The predicted octanol–water partition coefficient (Wildman–Crippen LogP) is 2.34. The second-order valence-corrected chi connectivity index (χ2v) is 7.66. The molecule has 2 aliphatic rings. The molecule has 6 nitrogen and oxygen atoms in total. The van der Waals surface area contributed by atoms with Crippen molar-refractivity contribution in [2.75, 3.05) is 13.1 Å². The van der Waals surface area contributed by atoms with Crippen LogP contribution in [-0.2, 0) is 22.7 Å². The van der Waals surface area contributed by atoms with Gasteiger partial charge in [-0.1, -0.05) is 42.5 Å². The topological polar surface area (TPSA) is 69.7 Å². The average Bonchev–Trinajstić information content (AvgIpc) is 2.77. The van der Waals surface area contributed by atoms with Crippen molar-refractivity contribution in [3.63, 3.8) is 0 Å². The van der Waals surface area contributed by atoms with Gasteiger partial charge in [-0.05, 0) is 42.5 Å². The highest BCUT2D eigenvalue weighted by Crippen LogP contribution is 2.24. The van der Waals surface area contributed by atoms with Crippen LogP contribution in [0.15, 0.2) is 54.6 Å². The third-order valence-electron chi connectivity index (χ3n) is 5.63. The number of benzene rings is 2. The van der Waals surface area contributed by atoms with Crippen LogP contribution < -0.4 is 5.32 Å². The Kier molecular flexibility index (Phi) is 5.60. The van der Waals surface area contributed by atoms with Crippen molar-refractivity contribution in [2.45, 2.75) is 38.4 Å². The van der Waals surface area contributed by atoms with Gasteiger partial charge in [0.1, 0.15) is 12.6 Å². The number of carbonyl (C=O) groups is 3. The molecule has 1 atom stereocenters. The number of nitrogens with one attached hydrogen (secondary N) is 1. The first kappa shape index (κ1) is 19.2. The van der Waals surface area contributed by atoms with Gasteiger partial charge in [0.05, 0.1) is 0 Å². The van der Waals surface area contributed by atoms with E-state index in [2.05, 4.69) is 5.32 Å². The van der Waals surface area contributed by atoms with Crippen LogP contribution in [0.1, 0.15) is 40.7 Å². The molecule has 2 fully saturated rings. The highest BCUT2D eigenvalue weighted by Gasteiger charge is 2.40. The minimum Gasteiger partial charge on any atom is -0.348 e. The average molecular weight is 391 g/mol. The van der Waals surface area contributed by atoms with Crippen LogP contribution in [0.25, 0.3) is 0 Å². The summed E-state index contributed by atoms with van der Waals surface area (Å²) < 4.78 is 0. The van der Waals surface area contributed by atoms with Crippen LogP contribution in [-0.4, -0.2) is 46.7 Å². The van der Waals surface area contributed by atoms with Gasteiger partial charge < -0.3 is 15.1 Å². The molecule has 4 rings (SSSR count). The van der Waals surface area contributed by atoms with Crippen LogP contribution in [0.4, 0.5) is 0 Å². The van der Waals surface area contributed by atoms with Gasteiger partial charge in [0.15, 0.2) is 0 Å². The summed E-state index contributed by atoms with van der Waals surface area (Å²) in [5, 5.41) is 2.91. The minimum absolute atomic E-state index is 0.0335. The lowest BCUT2D eigenvalue weighted by molar-refractivity contribution is -0.158. The first-order chi connectivity index (χ1) is 14.1. The molecule has 2 aliphatic heterocycles.